The summed E-state index contributed by atoms with van der Waals surface area (Å²) in [4.78, 5) is 25.9. The van der Waals surface area contributed by atoms with Crippen LogP contribution in [-0.4, -0.2) is 11.8 Å². The highest BCUT2D eigenvalue weighted by molar-refractivity contribution is 6.24. The second kappa shape index (κ2) is 5.10. The molecule has 106 valence electrons. The van der Waals surface area contributed by atoms with Gasteiger partial charge in [0.25, 0.3) is 5.91 Å². The topological polar surface area (TPSA) is 63.4 Å². The summed E-state index contributed by atoms with van der Waals surface area (Å²) in [6.07, 6.45) is 0.142. The molecule has 0 aliphatic carbocycles. The first-order valence-electron chi connectivity index (χ1n) is 6.55. The quantitative estimate of drug-likeness (QED) is 0.858. The van der Waals surface area contributed by atoms with Gasteiger partial charge in [-0.15, -0.1) is 0 Å². The number of hydrogen-bond acceptors (Lipinski definition) is 3. The van der Waals surface area contributed by atoms with Gasteiger partial charge in [0.15, 0.2) is 0 Å². The van der Waals surface area contributed by atoms with Crippen LogP contribution in [0.15, 0.2) is 42.5 Å². The van der Waals surface area contributed by atoms with Crippen LogP contribution in [0.1, 0.15) is 21.5 Å². The van der Waals surface area contributed by atoms with Crippen LogP contribution in [0, 0.1) is 5.82 Å². The zero-order valence-corrected chi connectivity index (χ0v) is 11.2. The Morgan fingerprint density at radius 3 is 2.67 bits per heavy atom. The molecule has 21 heavy (non-hydrogen) atoms. The van der Waals surface area contributed by atoms with Crippen molar-refractivity contribution in [1.29, 1.82) is 0 Å². The molecule has 0 unspecified atom stereocenters. The minimum absolute atomic E-state index is 0.0474. The molecule has 0 aromatic heterocycles. The summed E-state index contributed by atoms with van der Waals surface area (Å²) in [5.74, 6) is -1.18. The molecule has 1 aliphatic heterocycles. The number of amides is 2. The van der Waals surface area contributed by atoms with Crippen LogP contribution in [0.3, 0.4) is 0 Å². The zero-order chi connectivity index (χ0) is 15.0. The van der Waals surface area contributed by atoms with E-state index in [0.717, 1.165) is 4.90 Å². The van der Waals surface area contributed by atoms with Crippen LogP contribution in [-0.2, 0) is 17.8 Å². The van der Waals surface area contributed by atoms with Crippen molar-refractivity contribution in [3.05, 3.63) is 65.0 Å². The molecule has 0 fully saturated rings. The first-order valence-corrected chi connectivity index (χ1v) is 6.55. The van der Waals surface area contributed by atoms with Crippen LogP contribution in [0.5, 0.6) is 0 Å². The SMILES string of the molecule is NCc1cc(F)ccc1N1C(=O)Cc2ccccc2C1=O. The van der Waals surface area contributed by atoms with Crippen LogP contribution < -0.4 is 10.6 Å². The molecular formula is C16H13FN2O2. The highest BCUT2D eigenvalue weighted by atomic mass is 19.1. The average Bonchev–Trinajstić information content (AvgIpc) is 2.48. The largest absolute Gasteiger partial charge is 0.326 e. The molecule has 3 rings (SSSR count). The Morgan fingerprint density at radius 1 is 1.14 bits per heavy atom. The summed E-state index contributed by atoms with van der Waals surface area (Å²) >= 11 is 0. The molecule has 2 aromatic rings. The van der Waals surface area contributed by atoms with Gasteiger partial charge in [0.05, 0.1) is 12.1 Å². The maximum atomic E-state index is 13.3. The van der Waals surface area contributed by atoms with Gasteiger partial charge in [-0.25, -0.2) is 9.29 Å². The van der Waals surface area contributed by atoms with Crippen LogP contribution in [0.2, 0.25) is 0 Å². The van der Waals surface area contributed by atoms with Gasteiger partial charge in [0, 0.05) is 12.1 Å². The molecular weight excluding hydrogens is 271 g/mol. The normalized spacial score (nSPS) is 14.3. The zero-order valence-electron chi connectivity index (χ0n) is 11.2. The molecule has 1 heterocycles. The summed E-state index contributed by atoms with van der Waals surface area (Å²) in [7, 11) is 0. The number of nitrogens with zero attached hydrogens (tertiary/aromatic N) is 1. The summed E-state index contributed by atoms with van der Waals surface area (Å²) in [5, 5.41) is 0. The predicted molar refractivity (Wildman–Crippen MR) is 76.3 cm³/mol. The number of rotatable bonds is 2. The van der Waals surface area contributed by atoms with Crippen molar-refractivity contribution in [1.82, 2.24) is 0 Å². The van der Waals surface area contributed by atoms with Crippen molar-refractivity contribution in [2.75, 3.05) is 4.90 Å². The lowest BCUT2D eigenvalue weighted by molar-refractivity contribution is -0.117. The third-order valence-corrected chi connectivity index (χ3v) is 3.54. The van der Waals surface area contributed by atoms with Gasteiger partial charge in [-0.3, -0.25) is 9.59 Å². The second-order valence-corrected chi connectivity index (χ2v) is 4.85. The van der Waals surface area contributed by atoms with Crippen LogP contribution >= 0.6 is 0 Å². The number of nitrogens with two attached hydrogens (primary N) is 1. The minimum atomic E-state index is -0.448. The standard InChI is InChI=1S/C16H13FN2O2/c17-12-5-6-14(11(7-12)9-18)19-15(20)8-10-3-1-2-4-13(10)16(19)21/h1-7H,8-9,18H2. The number of fused-ring (bicyclic) bond motifs is 1. The van der Waals surface area contributed by atoms with Gasteiger partial charge in [-0.05, 0) is 35.4 Å². The summed E-state index contributed by atoms with van der Waals surface area (Å²) in [6.45, 7) is 0.0474. The number of carbonyl (C=O) groups excluding carboxylic acids is 2. The first-order chi connectivity index (χ1) is 10.1. The lowest BCUT2D eigenvalue weighted by atomic mass is 9.97. The molecule has 5 heteroatoms. The molecule has 0 saturated carbocycles. The van der Waals surface area contributed by atoms with Crippen molar-refractivity contribution in [2.45, 2.75) is 13.0 Å². The number of anilines is 1. The van der Waals surface area contributed by atoms with E-state index in [1.54, 1.807) is 24.3 Å². The van der Waals surface area contributed by atoms with Crippen molar-refractivity contribution in [3.63, 3.8) is 0 Å². The minimum Gasteiger partial charge on any atom is -0.326 e. The third-order valence-electron chi connectivity index (χ3n) is 3.54. The maximum absolute atomic E-state index is 13.3. The van der Waals surface area contributed by atoms with Gasteiger partial charge in [0.1, 0.15) is 5.82 Å². The van der Waals surface area contributed by atoms with Crippen molar-refractivity contribution < 1.29 is 14.0 Å². The number of imide groups is 1. The molecule has 4 nitrogen and oxygen atoms in total. The monoisotopic (exact) mass is 284 g/mol. The number of hydrogen-bond donors (Lipinski definition) is 1. The molecule has 0 bridgehead atoms. The molecule has 0 saturated heterocycles. The Balaban J connectivity index is 2.12. The second-order valence-electron chi connectivity index (χ2n) is 4.85. The highest BCUT2D eigenvalue weighted by Crippen LogP contribution is 2.28. The Kier molecular flexibility index (Phi) is 3.27. The van der Waals surface area contributed by atoms with Gasteiger partial charge in [-0.1, -0.05) is 18.2 Å². The fourth-order valence-corrected chi connectivity index (χ4v) is 2.54. The molecule has 2 amide bonds. The Morgan fingerprint density at radius 2 is 1.90 bits per heavy atom. The van der Waals surface area contributed by atoms with Gasteiger partial charge in [0.2, 0.25) is 5.91 Å². The lowest BCUT2D eigenvalue weighted by Crippen LogP contribution is -2.43. The number of benzene rings is 2. The predicted octanol–water partition coefficient (Wildman–Crippen LogP) is 2.01. The van der Waals surface area contributed by atoms with Crippen LogP contribution in [0.4, 0.5) is 10.1 Å². The van der Waals surface area contributed by atoms with Gasteiger partial charge < -0.3 is 5.73 Å². The van der Waals surface area contributed by atoms with E-state index < -0.39 is 11.7 Å². The van der Waals surface area contributed by atoms with Crippen molar-refractivity contribution in [2.24, 2.45) is 5.73 Å². The van der Waals surface area contributed by atoms with Gasteiger partial charge >= 0.3 is 0 Å². The maximum Gasteiger partial charge on any atom is 0.265 e. The lowest BCUT2D eigenvalue weighted by Gasteiger charge is -2.28. The van der Waals surface area contributed by atoms with E-state index in [0.29, 0.717) is 22.4 Å². The van der Waals surface area contributed by atoms with E-state index in [4.69, 9.17) is 5.73 Å². The van der Waals surface area contributed by atoms with Crippen molar-refractivity contribution in [3.8, 4) is 0 Å². The van der Waals surface area contributed by atoms with Gasteiger partial charge in [-0.2, -0.15) is 0 Å². The number of carbonyl (C=O) groups is 2. The van der Waals surface area contributed by atoms with Crippen molar-refractivity contribution >= 4 is 17.5 Å². The van der Waals surface area contributed by atoms with E-state index in [1.165, 1.54) is 18.2 Å². The Bertz CT molecular complexity index is 743. The molecule has 2 aromatic carbocycles. The van der Waals surface area contributed by atoms with E-state index >= 15 is 0 Å². The Labute approximate surface area is 121 Å². The molecule has 1 aliphatic rings. The molecule has 0 atom stereocenters. The summed E-state index contributed by atoms with van der Waals surface area (Å²) in [5.41, 5.74) is 7.57. The summed E-state index contributed by atoms with van der Waals surface area (Å²) in [6, 6.07) is 10.9. The highest BCUT2D eigenvalue weighted by Gasteiger charge is 2.32. The van der Waals surface area contributed by atoms with E-state index in [1.807, 2.05) is 0 Å². The van der Waals surface area contributed by atoms with Crippen LogP contribution in [0.25, 0.3) is 0 Å². The molecule has 0 radical (unpaired) electrons. The molecule has 2 N–H and O–H groups in total. The smallest absolute Gasteiger partial charge is 0.265 e. The van der Waals surface area contributed by atoms with E-state index in [-0.39, 0.29) is 18.9 Å². The third kappa shape index (κ3) is 2.21. The number of halogens is 1. The van der Waals surface area contributed by atoms with E-state index in [2.05, 4.69) is 0 Å². The molecule has 0 spiro atoms. The fourth-order valence-electron chi connectivity index (χ4n) is 2.54. The first kappa shape index (κ1) is 13.5. The average molecular weight is 284 g/mol. The summed E-state index contributed by atoms with van der Waals surface area (Å²) < 4.78 is 13.3. The van der Waals surface area contributed by atoms with E-state index in [9.17, 15) is 14.0 Å². The Hall–Kier alpha value is -2.53. The fraction of sp³-hybridized carbons (Fsp3) is 0.125.